The summed E-state index contributed by atoms with van der Waals surface area (Å²) in [6.45, 7) is 2.56. The maximum atomic E-state index is 11.7. The fraction of sp³-hybridized carbons (Fsp3) is 0.455. The Balaban J connectivity index is 2.09. The fourth-order valence-corrected chi connectivity index (χ4v) is 1.94. The van der Waals surface area contributed by atoms with Crippen molar-refractivity contribution in [2.75, 3.05) is 6.54 Å². The lowest BCUT2D eigenvalue weighted by molar-refractivity contribution is -0.198. The second-order valence-corrected chi connectivity index (χ2v) is 4.36. The van der Waals surface area contributed by atoms with Crippen molar-refractivity contribution in [3.8, 4) is 0 Å². The molecule has 1 aliphatic heterocycles. The highest BCUT2D eigenvalue weighted by Gasteiger charge is 2.31. The molecule has 0 radical (unpaired) electrons. The second kappa shape index (κ2) is 5.00. The zero-order valence-electron chi connectivity index (χ0n) is 9.34. The highest BCUT2D eigenvalue weighted by atomic mass is 35.5. The van der Waals surface area contributed by atoms with Gasteiger partial charge in [0.15, 0.2) is 0 Å². The molecule has 1 aliphatic rings. The topological polar surface area (TPSA) is 62.7 Å². The molecule has 2 atom stereocenters. The van der Waals surface area contributed by atoms with Crippen LogP contribution in [0.4, 0.5) is 0 Å². The molecule has 1 aromatic rings. The molecule has 6 heteroatoms. The van der Waals surface area contributed by atoms with Crippen LogP contribution in [0.1, 0.15) is 12.6 Å². The first kappa shape index (κ1) is 12.3. The smallest absolute Gasteiger partial charge is 0.279 e. The molecule has 1 fully saturated rings. The van der Waals surface area contributed by atoms with E-state index in [-0.39, 0.29) is 6.10 Å². The van der Waals surface area contributed by atoms with E-state index in [1.807, 2.05) is 0 Å². The monoisotopic (exact) mass is 256 g/mol. The molecule has 0 saturated carbocycles. The number of hydrogen-bond acceptors (Lipinski definition) is 4. The average Bonchev–Trinajstić information content (AvgIpc) is 2.25. The van der Waals surface area contributed by atoms with Crippen molar-refractivity contribution >= 4 is 17.5 Å². The fourth-order valence-electron chi connectivity index (χ4n) is 1.75. The molecular weight excluding hydrogens is 244 g/mol. The SMILES string of the molecule is CC1CN(Cc2cccc(Cl)n2)C(=O)[C@@H](O)O1. The molecule has 2 rings (SSSR count). The van der Waals surface area contributed by atoms with Crippen LogP contribution in [0.2, 0.25) is 5.15 Å². The number of amides is 1. The molecule has 0 aromatic carbocycles. The number of halogens is 1. The summed E-state index contributed by atoms with van der Waals surface area (Å²) in [6, 6.07) is 5.23. The van der Waals surface area contributed by atoms with E-state index in [1.54, 1.807) is 25.1 Å². The van der Waals surface area contributed by atoms with Crippen molar-refractivity contribution in [1.82, 2.24) is 9.88 Å². The number of pyridine rings is 1. The summed E-state index contributed by atoms with van der Waals surface area (Å²) in [6.07, 6.45) is -1.57. The van der Waals surface area contributed by atoms with Gasteiger partial charge in [0.2, 0.25) is 6.29 Å². The van der Waals surface area contributed by atoms with E-state index in [0.29, 0.717) is 23.9 Å². The molecule has 17 heavy (non-hydrogen) atoms. The van der Waals surface area contributed by atoms with Gasteiger partial charge in [0, 0.05) is 6.54 Å². The van der Waals surface area contributed by atoms with Crippen LogP contribution in [-0.4, -0.2) is 39.8 Å². The first-order valence-corrected chi connectivity index (χ1v) is 5.68. The number of ether oxygens (including phenoxy) is 1. The van der Waals surface area contributed by atoms with Crippen LogP contribution < -0.4 is 0 Å². The number of rotatable bonds is 2. The van der Waals surface area contributed by atoms with Crippen LogP contribution in [0.15, 0.2) is 18.2 Å². The van der Waals surface area contributed by atoms with Gasteiger partial charge in [-0.15, -0.1) is 0 Å². The lowest BCUT2D eigenvalue weighted by Crippen LogP contribution is -2.50. The number of carbonyl (C=O) groups is 1. The summed E-state index contributed by atoms with van der Waals surface area (Å²) in [5.74, 6) is -0.440. The molecule has 2 heterocycles. The summed E-state index contributed by atoms with van der Waals surface area (Å²) in [7, 11) is 0. The summed E-state index contributed by atoms with van der Waals surface area (Å²) < 4.78 is 5.01. The van der Waals surface area contributed by atoms with E-state index >= 15 is 0 Å². The third kappa shape index (κ3) is 2.94. The minimum absolute atomic E-state index is 0.193. The summed E-state index contributed by atoms with van der Waals surface area (Å²) in [5.41, 5.74) is 0.687. The van der Waals surface area contributed by atoms with E-state index < -0.39 is 12.2 Å². The van der Waals surface area contributed by atoms with Crippen molar-refractivity contribution in [2.45, 2.75) is 25.9 Å². The summed E-state index contributed by atoms with van der Waals surface area (Å²) in [4.78, 5) is 17.3. The van der Waals surface area contributed by atoms with Gasteiger partial charge in [-0.2, -0.15) is 0 Å². The maximum Gasteiger partial charge on any atom is 0.279 e. The number of morpholine rings is 1. The zero-order chi connectivity index (χ0) is 12.4. The Kier molecular flexibility index (Phi) is 3.61. The molecule has 1 N–H and O–H groups in total. The summed E-state index contributed by atoms with van der Waals surface area (Å²) in [5, 5.41) is 9.78. The Morgan fingerprint density at radius 3 is 3.12 bits per heavy atom. The number of aliphatic hydroxyl groups is 1. The van der Waals surface area contributed by atoms with E-state index in [0.717, 1.165) is 0 Å². The molecule has 0 spiro atoms. The third-order valence-electron chi connectivity index (χ3n) is 2.49. The molecule has 0 aliphatic carbocycles. The third-order valence-corrected chi connectivity index (χ3v) is 2.70. The largest absolute Gasteiger partial charge is 0.360 e. The Labute approximate surface area is 104 Å². The Morgan fingerprint density at radius 2 is 2.41 bits per heavy atom. The molecule has 92 valence electrons. The first-order chi connectivity index (χ1) is 8.06. The Bertz CT molecular complexity index is 427. The number of nitrogens with zero attached hydrogens (tertiary/aromatic N) is 2. The van der Waals surface area contributed by atoms with Gasteiger partial charge >= 0.3 is 0 Å². The Hall–Kier alpha value is -1.17. The van der Waals surface area contributed by atoms with Gasteiger partial charge in [-0.1, -0.05) is 17.7 Å². The van der Waals surface area contributed by atoms with Crippen LogP contribution in [0.3, 0.4) is 0 Å². The molecule has 1 saturated heterocycles. The first-order valence-electron chi connectivity index (χ1n) is 5.30. The molecular formula is C11H13ClN2O3. The second-order valence-electron chi connectivity index (χ2n) is 3.97. The summed E-state index contributed by atoms with van der Waals surface area (Å²) >= 11 is 5.77. The number of aliphatic hydroxyl groups excluding tert-OH is 1. The van der Waals surface area contributed by atoms with Crippen molar-refractivity contribution < 1.29 is 14.6 Å². The minimum Gasteiger partial charge on any atom is -0.360 e. The number of hydrogen-bond donors (Lipinski definition) is 1. The molecule has 1 amide bonds. The maximum absolute atomic E-state index is 11.7. The lowest BCUT2D eigenvalue weighted by atomic mass is 10.2. The van der Waals surface area contributed by atoms with Gasteiger partial charge in [0.05, 0.1) is 18.3 Å². The van der Waals surface area contributed by atoms with Crippen LogP contribution >= 0.6 is 11.6 Å². The number of carbonyl (C=O) groups excluding carboxylic acids is 1. The molecule has 5 nitrogen and oxygen atoms in total. The molecule has 1 unspecified atom stereocenters. The van der Waals surface area contributed by atoms with Crippen molar-refractivity contribution in [1.29, 1.82) is 0 Å². The van der Waals surface area contributed by atoms with Crippen LogP contribution in [0.5, 0.6) is 0 Å². The van der Waals surface area contributed by atoms with Crippen molar-refractivity contribution in [2.24, 2.45) is 0 Å². The normalized spacial score (nSPS) is 25.1. The predicted octanol–water partition coefficient (Wildman–Crippen LogP) is 0.801. The minimum atomic E-state index is -1.38. The van der Waals surface area contributed by atoms with E-state index in [1.165, 1.54) is 4.90 Å². The zero-order valence-corrected chi connectivity index (χ0v) is 10.1. The van der Waals surface area contributed by atoms with E-state index in [4.69, 9.17) is 16.3 Å². The average molecular weight is 257 g/mol. The highest BCUT2D eigenvalue weighted by molar-refractivity contribution is 6.29. The van der Waals surface area contributed by atoms with Gasteiger partial charge in [-0.05, 0) is 19.1 Å². The molecule has 0 bridgehead atoms. The standard InChI is InChI=1S/C11H13ClN2O3/c1-7-5-14(10(15)11(16)17-7)6-8-3-2-4-9(12)13-8/h2-4,7,11,16H,5-6H2,1H3/t7?,11-/m0/s1. The highest BCUT2D eigenvalue weighted by Crippen LogP contribution is 2.14. The van der Waals surface area contributed by atoms with E-state index in [2.05, 4.69) is 4.98 Å². The Morgan fingerprint density at radius 1 is 1.65 bits per heavy atom. The van der Waals surface area contributed by atoms with Crippen LogP contribution in [0, 0.1) is 0 Å². The predicted molar refractivity (Wildman–Crippen MR) is 61.2 cm³/mol. The molecule has 1 aromatic heterocycles. The van der Waals surface area contributed by atoms with Gasteiger partial charge in [-0.25, -0.2) is 4.98 Å². The van der Waals surface area contributed by atoms with Crippen molar-refractivity contribution in [3.63, 3.8) is 0 Å². The lowest BCUT2D eigenvalue weighted by Gasteiger charge is -2.33. The van der Waals surface area contributed by atoms with Crippen molar-refractivity contribution in [3.05, 3.63) is 29.0 Å². The van der Waals surface area contributed by atoms with Crippen LogP contribution in [-0.2, 0) is 16.1 Å². The number of aromatic nitrogens is 1. The van der Waals surface area contributed by atoms with Crippen LogP contribution in [0.25, 0.3) is 0 Å². The quantitative estimate of drug-likeness (QED) is 0.795. The van der Waals surface area contributed by atoms with E-state index in [9.17, 15) is 9.90 Å². The van der Waals surface area contributed by atoms with Gasteiger partial charge in [-0.3, -0.25) is 4.79 Å². The van der Waals surface area contributed by atoms with Gasteiger partial charge in [0.1, 0.15) is 5.15 Å². The van der Waals surface area contributed by atoms with Gasteiger partial charge < -0.3 is 14.7 Å². The van der Waals surface area contributed by atoms with Gasteiger partial charge in [0.25, 0.3) is 5.91 Å².